The van der Waals surface area contributed by atoms with Crippen LogP contribution in [-0.4, -0.2) is 40.8 Å². The summed E-state index contributed by atoms with van der Waals surface area (Å²) in [7, 11) is 3.10. The van der Waals surface area contributed by atoms with Crippen molar-refractivity contribution in [2.75, 3.05) is 19.5 Å². The predicted octanol–water partition coefficient (Wildman–Crippen LogP) is 3.06. The molecule has 1 amide bonds. The van der Waals surface area contributed by atoms with Gasteiger partial charge in [-0.15, -0.1) is 0 Å². The van der Waals surface area contributed by atoms with Crippen molar-refractivity contribution in [3.8, 4) is 17.2 Å². The molecule has 1 aliphatic heterocycles. The van der Waals surface area contributed by atoms with Gasteiger partial charge in [0.2, 0.25) is 5.91 Å². The Kier molecular flexibility index (Phi) is 4.67. The van der Waals surface area contributed by atoms with Crippen LogP contribution in [0.4, 0.5) is 5.69 Å². The van der Waals surface area contributed by atoms with E-state index in [2.05, 4.69) is 10.3 Å². The molecule has 2 N–H and O–H groups in total. The third-order valence-corrected chi connectivity index (χ3v) is 4.99. The molecule has 1 aliphatic rings. The van der Waals surface area contributed by atoms with E-state index in [0.717, 1.165) is 5.56 Å². The molecule has 0 radical (unpaired) electrons. The highest BCUT2D eigenvalue weighted by Crippen LogP contribution is 2.43. The second kappa shape index (κ2) is 7.31. The number of nitrogens with zero attached hydrogens (tertiary/aromatic N) is 2. The number of anilines is 1. The molecule has 4 rings (SSSR count). The van der Waals surface area contributed by atoms with E-state index >= 15 is 0 Å². The number of hydrogen-bond donors (Lipinski definition) is 2. The van der Waals surface area contributed by atoms with Gasteiger partial charge in [-0.3, -0.25) is 9.78 Å². The fourth-order valence-corrected chi connectivity index (χ4v) is 3.67. The van der Waals surface area contributed by atoms with Crippen LogP contribution in [-0.2, 0) is 4.79 Å². The third kappa shape index (κ3) is 3.18. The van der Waals surface area contributed by atoms with Crippen LogP contribution in [0.25, 0.3) is 5.69 Å². The number of carboxylic acid groups (broad SMARTS) is 1. The molecule has 0 saturated heterocycles. The minimum atomic E-state index is -1.13. The first-order chi connectivity index (χ1) is 14.0. The maximum atomic E-state index is 12.4. The first kappa shape index (κ1) is 18.5. The van der Waals surface area contributed by atoms with Gasteiger partial charge in [0, 0.05) is 37.0 Å². The molecular weight excluding hydrogens is 374 g/mol. The average molecular weight is 393 g/mol. The van der Waals surface area contributed by atoms with Crippen molar-refractivity contribution < 1.29 is 24.2 Å². The van der Waals surface area contributed by atoms with Gasteiger partial charge in [0.1, 0.15) is 17.1 Å². The lowest BCUT2D eigenvalue weighted by Crippen LogP contribution is -2.25. The van der Waals surface area contributed by atoms with Gasteiger partial charge in [0.05, 0.1) is 31.3 Å². The number of hydrogen-bond acceptors (Lipinski definition) is 5. The van der Waals surface area contributed by atoms with Crippen LogP contribution >= 0.6 is 0 Å². The minimum Gasteiger partial charge on any atom is -0.497 e. The summed E-state index contributed by atoms with van der Waals surface area (Å²) in [6, 6.07) is 8.94. The number of carboxylic acids is 1. The van der Waals surface area contributed by atoms with Crippen LogP contribution in [0, 0.1) is 0 Å². The van der Waals surface area contributed by atoms with Gasteiger partial charge in [0.15, 0.2) is 0 Å². The number of methoxy groups -OCH3 is 2. The van der Waals surface area contributed by atoms with Gasteiger partial charge < -0.3 is 24.5 Å². The number of nitrogens with one attached hydrogen (secondary N) is 1. The minimum absolute atomic E-state index is 0.00631. The summed E-state index contributed by atoms with van der Waals surface area (Å²) in [5, 5.41) is 12.5. The molecule has 29 heavy (non-hydrogen) atoms. The summed E-state index contributed by atoms with van der Waals surface area (Å²) in [5.74, 6) is -0.602. The Labute approximate surface area is 166 Å². The number of ether oxygens (including phenoxy) is 2. The maximum Gasteiger partial charge on any atom is 0.339 e. The Morgan fingerprint density at radius 1 is 1.28 bits per heavy atom. The molecule has 8 nitrogen and oxygen atoms in total. The SMILES string of the molecule is COc1ccc(OC)c(-n2cc(C(=O)O)c3c2C(c2cccnc2)CC(=O)N3)c1. The Balaban J connectivity index is 2.01. The zero-order valence-electron chi connectivity index (χ0n) is 15.9. The van der Waals surface area contributed by atoms with Crippen LogP contribution in [0.1, 0.15) is 34.0 Å². The second-order valence-corrected chi connectivity index (χ2v) is 6.61. The van der Waals surface area contributed by atoms with Crippen LogP contribution < -0.4 is 14.8 Å². The van der Waals surface area contributed by atoms with Crippen molar-refractivity contribution in [1.29, 1.82) is 0 Å². The van der Waals surface area contributed by atoms with Crippen LogP contribution in [0.3, 0.4) is 0 Å². The van der Waals surface area contributed by atoms with E-state index in [9.17, 15) is 14.7 Å². The summed E-state index contributed by atoms with van der Waals surface area (Å²) < 4.78 is 12.6. The number of carbonyl (C=O) groups excluding carboxylic acids is 1. The third-order valence-electron chi connectivity index (χ3n) is 4.99. The maximum absolute atomic E-state index is 12.4. The summed E-state index contributed by atoms with van der Waals surface area (Å²) in [6.07, 6.45) is 5.01. The molecule has 3 heterocycles. The van der Waals surface area contributed by atoms with Crippen molar-refractivity contribution in [1.82, 2.24) is 9.55 Å². The number of pyridine rings is 1. The molecule has 3 aromatic rings. The van der Waals surface area contributed by atoms with Gasteiger partial charge >= 0.3 is 5.97 Å². The molecule has 1 aromatic carbocycles. The van der Waals surface area contributed by atoms with Gasteiger partial charge in [0.25, 0.3) is 0 Å². The first-order valence-electron chi connectivity index (χ1n) is 8.94. The molecule has 2 aromatic heterocycles. The number of fused-ring (bicyclic) bond motifs is 1. The largest absolute Gasteiger partial charge is 0.497 e. The first-order valence-corrected chi connectivity index (χ1v) is 8.94. The van der Waals surface area contributed by atoms with Crippen molar-refractivity contribution in [2.24, 2.45) is 0 Å². The second-order valence-electron chi connectivity index (χ2n) is 6.61. The van der Waals surface area contributed by atoms with E-state index in [-0.39, 0.29) is 29.5 Å². The monoisotopic (exact) mass is 393 g/mol. The van der Waals surface area contributed by atoms with Crippen molar-refractivity contribution in [3.63, 3.8) is 0 Å². The van der Waals surface area contributed by atoms with Crippen molar-refractivity contribution >= 4 is 17.6 Å². The highest BCUT2D eigenvalue weighted by atomic mass is 16.5. The fraction of sp³-hybridized carbons (Fsp3) is 0.190. The smallest absolute Gasteiger partial charge is 0.339 e. The molecule has 0 aliphatic carbocycles. The Morgan fingerprint density at radius 3 is 2.76 bits per heavy atom. The number of aromatic nitrogens is 2. The predicted molar refractivity (Wildman–Crippen MR) is 105 cm³/mol. The average Bonchev–Trinajstić information content (AvgIpc) is 3.12. The molecule has 0 fully saturated rings. The normalized spacial score (nSPS) is 15.4. The van der Waals surface area contributed by atoms with E-state index in [0.29, 0.717) is 22.9 Å². The molecule has 148 valence electrons. The lowest BCUT2D eigenvalue weighted by Gasteiger charge is -2.26. The highest BCUT2D eigenvalue weighted by molar-refractivity contribution is 6.04. The fourth-order valence-electron chi connectivity index (χ4n) is 3.67. The number of benzene rings is 1. The highest BCUT2D eigenvalue weighted by Gasteiger charge is 2.35. The van der Waals surface area contributed by atoms with Crippen molar-refractivity contribution in [2.45, 2.75) is 12.3 Å². The number of carbonyl (C=O) groups is 2. The number of aromatic carboxylic acids is 1. The molecule has 8 heteroatoms. The van der Waals surface area contributed by atoms with Crippen LogP contribution in [0.2, 0.25) is 0 Å². The Morgan fingerprint density at radius 2 is 2.10 bits per heavy atom. The topological polar surface area (TPSA) is 103 Å². The van der Waals surface area contributed by atoms with Crippen molar-refractivity contribution in [3.05, 3.63) is 65.7 Å². The Bertz CT molecular complexity index is 1090. The molecule has 0 bridgehead atoms. The molecule has 0 saturated carbocycles. The van der Waals surface area contributed by atoms with Gasteiger partial charge in [-0.25, -0.2) is 4.79 Å². The lowest BCUT2D eigenvalue weighted by molar-refractivity contribution is -0.116. The molecule has 0 spiro atoms. The van der Waals surface area contributed by atoms with E-state index in [4.69, 9.17) is 9.47 Å². The quantitative estimate of drug-likeness (QED) is 0.691. The summed E-state index contributed by atoms with van der Waals surface area (Å²) in [4.78, 5) is 28.4. The lowest BCUT2D eigenvalue weighted by atomic mass is 9.89. The van der Waals surface area contributed by atoms with E-state index in [1.54, 1.807) is 55.4 Å². The van der Waals surface area contributed by atoms with E-state index in [1.807, 2.05) is 6.07 Å². The van der Waals surface area contributed by atoms with E-state index < -0.39 is 5.97 Å². The van der Waals surface area contributed by atoms with Gasteiger partial charge in [-0.1, -0.05) is 6.07 Å². The summed E-state index contributed by atoms with van der Waals surface area (Å²) >= 11 is 0. The zero-order chi connectivity index (χ0) is 20.5. The van der Waals surface area contributed by atoms with E-state index in [1.165, 1.54) is 6.20 Å². The summed E-state index contributed by atoms with van der Waals surface area (Å²) in [5.41, 5.74) is 2.38. The molecule has 1 atom stereocenters. The van der Waals surface area contributed by atoms with Crippen LogP contribution in [0.5, 0.6) is 11.5 Å². The van der Waals surface area contributed by atoms with Gasteiger partial charge in [-0.05, 0) is 23.8 Å². The standard InChI is InChI=1S/C21H19N3O5/c1-28-13-5-6-17(29-2)16(8-13)24-11-15(21(26)27)19-20(24)14(9-18(25)23-19)12-4-3-7-22-10-12/h3-8,10-11,14H,9H2,1-2H3,(H,23,25)(H,26,27). The molecular formula is C21H19N3O5. The zero-order valence-corrected chi connectivity index (χ0v) is 15.9. The molecule has 1 unspecified atom stereocenters. The van der Waals surface area contributed by atoms with Crippen LogP contribution in [0.15, 0.2) is 48.9 Å². The van der Waals surface area contributed by atoms with Gasteiger partial charge in [-0.2, -0.15) is 0 Å². The summed E-state index contributed by atoms with van der Waals surface area (Å²) in [6.45, 7) is 0. The number of rotatable bonds is 5. The number of amides is 1. The Hall–Kier alpha value is -3.81.